The van der Waals surface area contributed by atoms with Gasteiger partial charge < -0.3 is 4.74 Å². The van der Waals surface area contributed by atoms with Crippen LogP contribution in [-0.4, -0.2) is 5.97 Å². The molecule has 0 aromatic rings. The number of hydrogen-bond acceptors (Lipinski definition) is 2. The summed E-state index contributed by atoms with van der Waals surface area (Å²) in [6, 6.07) is 0. The summed E-state index contributed by atoms with van der Waals surface area (Å²) in [6.07, 6.45) is 8.52. The Morgan fingerprint density at radius 3 is 2.36 bits per heavy atom. The van der Waals surface area contributed by atoms with E-state index in [9.17, 15) is 4.79 Å². The van der Waals surface area contributed by atoms with Crippen LogP contribution in [0.4, 0.5) is 0 Å². The van der Waals surface area contributed by atoms with Gasteiger partial charge in [0, 0.05) is 13.3 Å². The Morgan fingerprint density at radius 2 is 1.86 bits per heavy atom. The van der Waals surface area contributed by atoms with E-state index in [0.717, 1.165) is 37.9 Å². The van der Waals surface area contributed by atoms with Crippen LogP contribution < -0.4 is 0 Å². The molecule has 0 radical (unpaired) electrons. The summed E-state index contributed by atoms with van der Waals surface area (Å²) in [5.74, 6) is 0.650. The predicted octanol–water partition coefficient (Wildman–Crippen LogP) is 3.81. The van der Waals surface area contributed by atoms with Crippen LogP contribution in [0.2, 0.25) is 0 Å². The zero-order valence-corrected chi connectivity index (χ0v) is 9.64. The van der Waals surface area contributed by atoms with E-state index in [4.69, 9.17) is 4.74 Å². The molecule has 0 spiro atoms. The maximum atomic E-state index is 10.8. The topological polar surface area (TPSA) is 26.3 Å². The second-order valence-electron chi connectivity index (χ2n) is 3.51. The Labute approximate surface area is 87.3 Å². The van der Waals surface area contributed by atoms with Gasteiger partial charge in [0.2, 0.25) is 0 Å². The third-order valence-electron chi connectivity index (χ3n) is 1.98. The fourth-order valence-electron chi connectivity index (χ4n) is 1.20. The Kier molecular flexibility index (Phi) is 8.30. The number of esters is 1. The summed E-state index contributed by atoms with van der Waals surface area (Å²) in [4.78, 5) is 10.8. The van der Waals surface area contributed by atoms with Gasteiger partial charge in [-0.05, 0) is 25.3 Å². The highest BCUT2D eigenvalue weighted by Gasteiger charge is 2.00. The number of unbranched alkanes of at least 4 members (excludes halogenated alkanes) is 3. The van der Waals surface area contributed by atoms with Gasteiger partial charge in [0.15, 0.2) is 0 Å². The van der Waals surface area contributed by atoms with Crippen LogP contribution in [-0.2, 0) is 9.53 Å². The molecule has 0 aromatic heterocycles. The normalized spacial score (nSPS) is 11.5. The van der Waals surface area contributed by atoms with E-state index in [1.165, 1.54) is 13.3 Å². The lowest BCUT2D eigenvalue weighted by Crippen LogP contribution is -1.99. The van der Waals surface area contributed by atoms with Crippen molar-refractivity contribution in [2.24, 2.45) is 0 Å². The summed E-state index contributed by atoms with van der Waals surface area (Å²) in [6.45, 7) is 5.75. The van der Waals surface area contributed by atoms with Gasteiger partial charge in [0.25, 0.3) is 0 Å². The fraction of sp³-hybridized carbons (Fsp3) is 0.750. The lowest BCUT2D eigenvalue weighted by molar-refractivity contribution is -0.137. The lowest BCUT2D eigenvalue weighted by atomic mass is 10.2. The molecule has 0 bridgehead atoms. The van der Waals surface area contributed by atoms with Crippen molar-refractivity contribution in [1.29, 1.82) is 0 Å². The first-order valence-corrected chi connectivity index (χ1v) is 5.58. The number of carbonyl (C=O) groups excluding carboxylic acids is 1. The second-order valence-corrected chi connectivity index (χ2v) is 3.51. The van der Waals surface area contributed by atoms with Crippen molar-refractivity contribution in [1.82, 2.24) is 0 Å². The minimum atomic E-state index is -0.205. The van der Waals surface area contributed by atoms with E-state index in [2.05, 4.69) is 19.9 Å². The fourth-order valence-corrected chi connectivity index (χ4v) is 1.20. The Morgan fingerprint density at radius 1 is 1.21 bits per heavy atom. The Balaban J connectivity index is 3.94. The van der Waals surface area contributed by atoms with Crippen molar-refractivity contribution >= 4 is 5.97 Å². The molecule has 0 aromatic carbocycles. The Bertz CT molecular complexity index is 183. The predicted molar refractivity (Wildman–Crippen MR) is 58.9 cm³/mol. The van der Waals surface area contributed by atoms with Gasteiger partial charge in [0.1, 0.15) is 5.76 Å². The number of rotatable bonds is 7. The maximum Gasteiger partial charge on any atom is 0.307 e. The van der Waals surface area contributed by atoms with E-state index in [-0.39, 0.29) is 5.97 Å². The number of hydrogen-bond donors (Lipinski definition) is 0. The molecule has 0 saturated carbocycles. The standard InChI is InChI=1S/C12H22O2/c1-4-6-8-10-12(9-7-5-2)14-11(3)13/h10H,4-9H2,1-3H3. The van der Waals surface area contributed by atoms with Gasteiger partial charge in [-0.1, -0.05) is 26.7 Å². The van der Waals surface area contributed by atoms with Gasteiger partial charge in [0.05, 0.1) is 0 Å². The highest BCUT2D eigenvalue weighted by atomic mass is 16.5. The molecule has 0 N–H and O–H groups in total. The summed E-state index contributed by atoms with van der Waals surface area (Å²) in [5, 5.41) is 0. The monoisotopic (exact) mass is 198 g/mol. The minimum absolute atomic E-state index is 0.205. The number of carbonyl (C=O) groups is 1. The third-order valence-corrected chi connectivity index (χ3v) is 1.98. The van der Waals surface area contributed by atoms with Crippen LogP contribution in [0.25, 0.3) is 0 Å². The quantitative estimate of drug-likeness (QED) is 0.353. The molecule has 2 nitrogen and oxygen atoms in total. The van der Waals surface area contributed by atoms with Crippen LogP contribution in [0.1, 0.15) is 59.3 Å². The molecular weight excluding hydrogens is 176 g/mol. The maximum absolute atomic E-state index is 10.8. The smallest absolute Gasteiger partial charge is 0.307 e. The van der Waals surface area contributed by atoms with Gasteiger partial charge >= 0.3 is 5.97 Å². The lowest BCUT2D eigenvalue weighted by Gasteiger charge is -2.06. The molecule has 0 aliphatic rings. The molecule has 0 amide bonds. The molecule has 0 unspecified atom stereocenters. The van der Waals surface area contributed by atoms with Crippen LogP contribution in [0.15, 0.2) is 11.8 Å². The van der Waals surface area contributed by atoms with E-state index in [0.29, 0.717) is 0 Å². The zero-order valence-electron chi connectivity index (χ0n) is 9.64. The molecule has 0 aliphatic heterocycles. The average Bonchev–Trinajstić information content (AvgIpc) is 2.13. The molecule has 82 valence electrons. The van der Waals surface area contributed by atoms with Crippen molar-refractivity contribution in [3.05, 3.63) is 11.8 Å². The molecule has 0 rings (SSSR count). The van der Waals surface area contributed by atoms with Crippen molar-refractivity contribution < 1.29 is 9.53 Å². The average molecular weight is 198 g/mol. The van der Waals surface area contributed by atoms with Gasteiger partial charge in [-0.3, -0.25) is 4.79 Å². The first kappa shape index (κ1) is 13.2. The highest BCUT2D eigenvalue weighted by molar-refractivity contribution is 5.67. The van der Waals surface area contributed by atoms with Crippen LogP contribution in [0.5, 0.6) is 0 Å². The summed E-state index contributed by atoms with van der Waals surface area (Å²) >= 11 is 0. The first-order chi connectivity index (χ1) is 6.70. The third kappa shape index (κ3) is 7.84. The van der Waals surface area contributed by atoms with Crippen molar-refractivity contribution in [3.63, 3.8) is 0 Å². The van der Waals surface area contributed by atoms with Crippen LogP contribution in [0, 0.1) is 0 Å². The van der Waals surface area contributed by atoms with E-state index >= 15 is 0 Å². The molecular formula is C12H22O2. The molecule has 0 aliphatic carbocycles. The molecule has 0 saturated heterocycles. The van der Waals surface area contributed by atoms with Crippen molar-refractivity contribution in [3.8, 4) is 0 Å². The summed E-state index contributed by atoms with van der Waals surface area (Å²) in [7, 11) is 0. The van der Waals surface area contributed by atoms with E-state index in [1.807, 2.05) is 0 Å². The highest BCUT2D eigenvalue weighted by Crippen LogP contribution is 2.11. The zero-order chi connectivity index (χ0) is 10.8. The SMILES string of the molecule is CCCCC=C(CCCC)OC(C)=O. The van der Waals surface area contributed by atoms with Crippen LogP contribution >= 0.6 is 0 Å². The van der Waals surface area contributed by atoms with Gasteiger partial charge in [-0.15, -0.1) is 0 Å². The van der Waals surface area contributed by atoms with Crippen molar-refractivity contribution in [2.75, 3.05) is 0 Å². The Hall–Kier alpha value is -0.790. The summed E-state index contributed by atoms with van der Waals surface area (Å²) in [5.41, 5.74) is 0. The van der Waals surface area contributed by atoms with E-state index < -0.39 is 0 Å². The minimum Gasteiger partial charge on any atom is -0.432 e. The molecule has 0 fully saturated rings. The largest absolute Gasteiger partial charge is 0.432 e. The summed E-state index contributed by atoms with van der Waals surface area (Å²) < 4.78 is 5.12. The van der Waals surface area contributed by atoms with Crippen molar-refractivity contribution in [2.45, 2.75) is 59.3 Å². The first-order valence-electron chi connectivity index (χ1n) is 5.58. The molecule has 2 heteroatoms. The number of allylic oxidation sites excluding steroid dienone is 2. The number of ether oxygens (including phenoxy) is 1. The van der Waals surface area contributed by atoms with Gasteiger partial charge in [-0.25, -0.2) is 0 Å². The molecule has 0 heterocycles. The van der Waals surface area contributed by atoms with Crippen LogP contribution in [0.3, 0.4) is 0 Å². The van der Waals surface area contributed by atoms with E-state index in [1.54, 1.807) is 0 Å². The molecule has 14 heavy (non-hydrogen) atoms. The second kappa shape index (κ2) is 8.79. The van der Waals surface area contributed by atoms with Gasteiger partial charge in [-0.2, -0.15) is 0 Å². The molecule has 0 atom stereocenters.